The summed E-state index contributed by atoms with van der Waals surface area (Å²) in [5.74, 6) is 0.213. The van der Waals surface area contributed by atoms with E-state index in [2.05, 4.69) is 5.32 Å². The molecule has 0 amide bonds. The Hall–Kier alpha value is -2.64. The van der Waals surface area contributed by atoms with E-state index < -0.39 is 5.97 Å². The minimum atomic E-state index is -0.984. The Morgan fingerprint density at radius 2 is 2.16 bits per heavy atom. The lowest BCUT2D eigenvalue weighted by molar-refractivity contribution is -0.104. The fraction of sp³-hybridized carbons (Fsp3) is 0.0556. The van der Waals surface area contributed by atoms with E-state index >= 15 is 0 Å². The first kappa shape index (κ1) is 17.2. The standard InChI is InChI=1S/C18H13NO4S2/c20-8-2-5-14-16(25-18(24)19-14)10-13-6-7-15(23-13)11-3-1-4-12(9-11)17(21)22/h1-10,14H,(H,19,24)(H,21,22)/b5-2+,16-10-. The number of carbonyl (C=O) groups is 2. The number of nitrogens with one attached hydrogen (secondary N) is 1. The predicted octanol–water partition coefficient (Wildman–Crippen LogP) is 3.73. The van der Waals surface area contributed by atoms with Gasteiger partial charge in [-0.15, -0.1) is 0 Å². The number of hydrogen-bond acceptors (Lipinski definition) is 5. The van der Waals surface area contributed by atoms with Crippen molar-refractivity contribution < 1.29 is 19.1 Å². The number of aldehydes is 1. The molecule has 2 aromatic rings. The summed E-state index contributed by atoms with van der Waals surface area (Å²) in [6, 6.07) is 9.99. The Morgan fingerprint density at radius 1 is 1.32 bits per heavy atom. The molecule has 1 unspecified atom stereocenters. The summed E-state index contributed by atoms with van der Waals surface area (Å²) in [6.07, 6.45) is 5.71. The quantitative estimate of drug-likeness (QED) is 0.471. The number of thiocarbonyl (C=S) groups is 1. The second-order valence-corrected chi connectivity index (χ2v) is 6.92. The van der Waals surface area contributed by atoms with Crippen LogP contribution >= 0.6 is 24.0 Å². The van der Waals surface area contributed by atoms with Crippen LogP contribution in [0.3, 0.4) is 0 Å². The molecule has 1 saturated heterocycles. The van der Waals surface area contributed by atoms with Crippen LogP contribution in [-0.4, -0.2) is 27.7 Å². The molecule has 1 aromatic carbocycles. The van der Waals surface area contributed by atoms with Gasteiger partial charge in [-0.2, -0.15) is 0 Å². The topological polar surface area (TPSA) is 79.5 Å². The number of thioether (sulfide) groups is 1. The first-order chi connectivity index (χ1) is 12.1. The maximum absolute atomic E-state index is 11.1. The lowest BCUT2D eigenvalue weighted by Gasteiger charge is -2.04. The van der Waals surface area contributed by atoms with E-state index in [9.17, 15) is 9.59 Å². The van der Waals surface area contributed by atoms with E-state index in [0.29, 0.717) is 27.7 Å². The number of aromatic carboxylic acids is 1. The molecule has 3 rings (SSSR count). The second kappa shape index (κ2) is 7.50. The van der Waals surface area contributed by atoms with Gasteiger partial charge in [-0.1, -0.05) is 42.2 Å². The molecule has 2 heterocycles. The Kier molecular flexibility index (Phi) is 5.16. The van der Waals surface area contributed by atoms with Crippen molar-refractivity contribution in [2.45, 2.75) is 6.04 Å². The third-order valence-corrected chi connectivity index (χ3v) is 4.76. The number of rotatable bonds is 5. The van der Waals surface area contributed by atoms with Crippen LogP contribution in [0.5, 0.6) is 0 Å². The lowest BCUT2D eigenvalue weighted by Crippen LogP contribution is -2.22. The van der Waals surface area contributed by atoms with Gasteiger partial charge in [0, 0.05) is 10.5 Å². The highest BCUT2D eigenvalue weighted by Crippen LogP contribution is 2.32. The molecule has 0 aliphatic carbocycles. The number of allylic oxidation sites excluding steroid dienone is 1. The summed E-state index contributed by atoms with van der Waals surface area (Å²) < 4.78 is 6.44. The van der Waals surface area contributed by atoms with Gasteiger partial charge in [0.15, 0.2) is 0 Å². The molecule has 1 aliphatic rings. The smallest absolute Gasteiger partial charge is 0.335 e. The largest absolute Gasteiger partial charge is 0.478 e. The van der Waals surface area contributed by atoms with Crippen LogP contribution in [0.4, 0.5) is 0 Å². The molecule has 1 atom stereocenters. The zero-order valence-electron chi connectivity index (χ0n) is 12.8. The minimum absolute atomic E-state index is 0.161. The summed E-state index contributed by atoms with van der Waals surface area (Å²) in [4.78, 5) is 22.5. The molecule has 126 valence electrons. The van der Waals surface area contributed by atoms with E-state index in [4.69, 9.17) is 21.7 Å². The molecule has 1 aromatic heterocycles. The molecule has 2 N–H and O–H groups in total. The highest BCUT2D eigenvalue weighted by Gasteiger charge is 2.23. The monoisotopic (exact) mass is 371 g/mol. The van der Waals surface area contributed by atoms with Gasteiger partial charge in [-0.3, -0.25) is 4.79 Å². The Labute approximate surface area is 153 Å². The van der Waals surface area contributed by atoms with E-state index in [1.165, 1.54) is 23.9 Å². The van der Waals surface area contributed by atoms with Crippen molar-refractivity contribution in [1.82, 2.24) is 5.32 Å². The Bertz CT molecular complexity index is 898. The van der Waals surface area contributed by atoms with Gasteiger partial charge < -0.3 is 14.8 Å². The molecule has 0 bridgehead atoms. The van der Waals surface area contributed by atoms with Gasteiger partial charge in [-0.05, 0) is 36.4 Å². The number of hydrogen-bond donors (Lipinski definition) is 2. The summed E-state index contributed by atoms with van der Waals surface area (Å²) in [5, 5.41) is 12.2. The van der Waals surface area contributed by atoms with E-state index in [0.717, 1.165) is 4.91 Å². The maximum atomic E-state index is 11.1. The molecular formula is C18H13NO4S2. The van der Waals surface area contributed by atoms with Gasteiger partial charge in [0.2, 0.25) is 0 Å². The summed E-state index contributed by atoms with van der Waals surface area (Å²) in [5.41, 5.74) is 0.892. The average Bonchev–Trinajstić information content (AvgIpc) is 3.20. The molecule has 0 saturated carbocycles. The number of carbonyl (C=O) groups excluding carboxylic acids is 1. The number of furan rings is 1. The number of carboxylic acid groups (broad SMARTS) is 1. The average molecular weight is 371 g/mol. The SMILES string of the molecule is O=C/C=C/C1NC(=S)S/C1=C\c1ccc(-c2cccc(C(=O)O)c2)o1. The zero-order chi connectivity index (χ0) is 17.8. The fourth-order valence-corrected chi connectivity index (χ4v) is 3.60. The van der Waals surface area contributed by atoms with Crippen LogP contribution in [0.25, 0.3) is 17.4 Å². The fourth-order valence-electron chi connectivity index (χ4n) is 2.35. The summed E-state index contributed by atoms with van der Waals surface area (Å²) >= 11 is 6.57. The van der Waals surface area contributed by atoms with Crippen molar-refractivity contribution in [3.8, 4) is 11.3 Å². The molecule has 0 radical (unpaired) electrons. The number of benzene rings is 1. The van der Waals surface area contributed by atoms with Crippen LogP contribution < -0.4 is 5.32 Å². The first-order valence-corrected chi connectivity index (χ1v) is 8.55. The highest BCUT2D eigenvalue weighted by atomic mass is 32.2. The lowest BCUT2D eigenvalue weighted by atomic mass is 10.1. The van der Waals surface area contributed by atoms with Gasteiger partial charge in [-0.25, -0.2) is 4.79 Å². The third-order valence-electron chi connectivity index (χ3n) is 3.48. The van der Waals surface area contributed by atoms with Crippen molar-refractivity contribution in [2.75, 3.05) is 0 Å². The minimum Gasteiger partial charge on any atom is -0.478 e. The molecule has 5 nitrogen and oxygen atoms in total. The van der Waals surface area contributed by atoms with Crippen molar-refractivity contribution >= 4 is 46.6 Å². The van der Waals surface area contributed by atoms with E-state index in [-0.39, 0.29) is 11.6 Å². The van der Waals surface area contributed by atoms with Gasteiger partial charge in [0.25, 0.3) is 0 Å². The third kappa shape index (κ3) is 4.07. The van der Waals surface area contributed by atoms with E-state index in [1.807, 2.05) is 6.08 Å². The normalized spacial score (nSPS) is 18.6. The van der Waals surface area contributed by atoms with Gasteiger partial charge >= 0.3 is 5.97 Å². The van der Waals surface area contributed by atoms with Crippen LogP contribution in [0.15, 0.2) is 57.9 Å². The predicted molar refractivity (Wildman–Crippen MR) is 101 cm³/mol. The second-order valence-electron chi connectivity index (χ2n) is 5.17. The maximum Gasteiger partial charge on any atom is 0.335 e. The Morgan fingerprint density at radius 3 is 2.92 bits per heavy atom. The zero-order valence-corrected chi connectivity index (χ0v) is 14.5. The molecule has 25 heavy (non-hydrogen) atoms. The van der Waals surface area contributed by atoms with Gasteiger partial charge in [0.1, 0.15) is 22.1 Å². The van der Waals surface area contributed by atoms with Crippen molar-refractivity contribution in [1.29, 1.82) is 0 Å². The summed E-state index contributed by atoms with van der Waals surface area (Å²) in [6.45, 7) is 0. The molecule has 1 aliphatic heterocycles. The van der Waals surface area contributed by atoms with Gasteiger partial charge in [0.05, 0.1) is 11.6 Å². The molecule has 7 heteroatoms. The molecule has 1 fully saturated rings. The first-order valence-electron chi connectivity index (χ1n) is 7.32. The van der Waals surface area contributed by atoms with Crippen molar-refractivity contribution in [3.63, 3.8) is 0 Å². The van der Waals surface area contributed by atoms with E-state index in [1.54, 1.807) is 36.4 Å². The highest BCUT2D eigenvalue weighted by molar-refractivity contribution is 8.26. The molecule has 0 spiro atoms. The number of carboxylic acids is 1. The van der Waals surface area contributed by atoms with Crippen molar-refractivity contribution in [3.05, 3.63) is 64.8 Å². The summed E-state index contributed by atoms with van der Waals surface area (Å²) in [7, 11) is 0. The van der Waals surface area contributed by atoms with Crippen LogP contribution in [0, 0.1) is 0 Å². The molecular weight excluding hydrogens is 358 g/mol. The van der Waals surface area contributed by atoms with Crippen molar-refractivity contribution in [2.24, 2.45) is 0 Å². The van der Waals surface area contributed by atoms with Crippen LogP contribution in [-0.2, 0) is 4.79 Å². The Balaban J connectivity index is 1.87. The van der Waals surface area contributed by atoms with Crippen LogP contribution in [0.1, 0.15) is 16.1 Å². The van der Waals surface area contributed by atoms with Crippen LogP contribution in [0.2, 0.25) is 0 Å².